The lowest BCUT2D eigenvalue weighted by atomic mass is 10.3. The van der Waals surface area contributed by atoms with E-state index in [1.165, 1.54) is 24.5 Å². The van der Waals surface area contributed by atoms with Crippen LogP contribution < -0.4 is 0 Å². The average Bonchev–Trinajstić information content (AvgIpc) is 2.05. The van der Waals surface area contributed by atoms with Gasteiger partial charge in [0.15, 0.2) is 0 Å². The monoisotopic (exact) mass is 226 g/mol. The Morgan fingerprint density at radius 3 is 2.92 bits per heavy atom. The summed E-state index contributed by atoms with van der Waals surface area (Å²) in [5.74, 6) is -0.640. The van der Waals surface area contributed by atoms with E-state index in [-0.39, 0.29) is 5.56 Å². The highest BCUT2D eigenvalue weighted by Crippen LogP contribution is 2.09. The van der Waals surface area contributed by atoms with Crippen LogP contribution >= 0.6 is 15.9 Å². The number of aromatic nitrogens is 1. The summed E-state index contributed by atoms with van der Waals surface area (Å²) in [6, 6.07) is 1.52. The van der Waals surface area contributed by atoms with Crippen molar-refractivity contribution in [2.24, 2.45) is 4.99 Å². The number of hydrogen-bond donors (Lipinski definition) is 0. The van der Waals surface area contributed by atoms with Crippen LogP contribution in [-0.4, -0.2) is 17.0 Å². The Bertz CT molecular complexity index is 358. The molecule has 1 heterocycles. The molecule has 0 unspecified atom stereocenters. The second kappa shape index (κ2) is 3.90. The third-order valence-electron chi connectivity index (χ3n) is 1.10. The van der Waals surface area contributed by atoms with Crippen molar-refractivity contribution in [1.29, 1.82) is 0 Å². The molecule has 1 rings (SSSR count). The van der Waals surface area contributed by atoms with E-state index in [2.05, 4.69) is 25.9 Å². The quantitative estimate of drug-likeness (QED) is 0.536. The van der Waals surface area contributed by atoms with Crippen LogP contribution in [0.15, 0.2) is 27.9 Å². The molecule has 12 heavy (non-hydrogen) atoms. The van der Waals surface area contributed by atoms with Crippen molar-refractivity contribution in [2.45, 2.75) is 0 Å². The SMILES string of the molecule is O=C=NC(=O)c1cncc(Br)c1. The molecular formula is C7H3BrN2O2. The van der Waals surface area contributed by atoms with Crippen LogP contribution in [0.3, 0.4) is 0 Å². The molecule has 0 atom stereocenters. The van der Waals surface area contributed by atoms with E-state index in [0.717, 1.165) is 0 Å². The van der Waals surface area contributed by atoms with Crippen LogP contribution in [-0.2, 0) is 4.79 Å². The average molecular weight is 227 g/mol. The number of pyridine rings is 1. The first kappa shape index (κ1) is 8.77. The number of amides is 1. The maximum Gasteiger partial charge on any atom is 0.289 e. The number of halogens is 1. The van der Waals surface area contributed by atoms with Crippen molar-refractivity contribution >= 4 is 27.9 Å². The van der Waals surface area contributed by atoms with Gasteiger partial charge in [0, 0.05) is 16.9 Å². The maximum absolute atomic E-state index is 10.9. The van der Waals surface area contributed by atoms with Gasteiger partial charge in [0.25, 0.3) is 5.91 Å². The molecule has 0 spiro atoms. The Hall–Kier alpha value is -1.32. The van der Waals surface area contributed by atoms with Gasteiger partial charge in [-0.15, -0.1) is 4.99 Å². The van der Waals surface area contributed by atoms with E-state index >= 15 is 0 Å². The van der Waals surface area contributed by atoms with Gasteiger partial charge in [-0.3, -0.25) is 9.78 Å². The smallest absolute Gasteiger partial charge is 0.266 e. The van der Waals surface area contributed by atoms with E-state index in [4.69, 9.17) is 0 Å². The molecule has 0 aliphatic rings. The number of carbonyl (C=O) groups excluding carboxylic acids is 2. The first-order chi connectivity index (χ1) is 5.74. The van der Waals surface area contributed by atoms with Gasteiger partial charge in [-0.2, -0.15) is 0 Å². The molecule has 1 amide bonds. The Morgan fingerprint density at radius 1 is 1.58 bits per heavy atom. The summed E-state index contributed by atoms with van der Waals surface area (Å²) >= 11 is 3.13. The molecule has 0 aromatic carbocycles. The Kier molecular flexibility index (Phi) is 2.85. The van der Waals surface area contributed by atoms with Crippen LogP contribution in [0.1, 0.15) is 10.4 Å². The molecule has 1 aromatic rings. The normalized spacial score (nSPS) is 8.75. The van der Waals surface area contributed by atoms with Crippen molar-refractivity contribution in [1.82, 2.24) is 4.98 Å². The predicted molar refractivity (Wildman–Crippen MR) is 44.4 cm³/mol. The molecule has 5 heteroatoms. The van der Waals surface area contributed by atoms with Crippen molar-refractivity contribution < 1.29 is 9.59 Å². The molecule has 60 valence electrons. The summed E-state index contributed by atoms with van der Waals surface area (Å²) in [4.78, 5) is 27.3. The van der Waals surface area contributed by atoms with Gasteiger partial charge < -0.3 is 0 Å². The van der Waals surface area contributed by atoms with Crippen molar-refractivity contribution in [3.63, 3.8) is 0 Å². The molecule has 0 bridgehead atoms. The molecule has 0 aliphatic heterocycles. The second-order valence-corrected chi connectivity index (χ2v) is 2.82. The molecule has 0 aliphatic carbocycles. The van der Waals surface area contributed by atoms with E-state index in [9.17, 15) is 9.59 Å². The lowest BCUT2D eigenvalue weighted by molar-refractivity contribution is 0.100. The van der Waals surface area contributed by atoms with E-state index < -0.39 is 5.91 Å². The van der Waals surface area contributed by atoms with Gasteiger partial charge in [-0.05, 0) is 22.0 Å². The zero-order valence-corrected chi connectivity index (χ0v) is 7.41. The lowest BCUT2D eigenvalue weighted by Crippen LogP contribution is -1.94. The minimum atomic E-state index is -0.640. The van der Waals surface area contributed by atoms with Crippen LogP contribution in [0, 0.1) is 0 Å². The van der Waals surface area contributed by atoms with Crippen LogP contribution in [0.5, 0.6) is 0 Å². The molecule has 4 nitrogen and oxygen atoms in total. The van der Waals surface area contributed by atoms with Gasteiger partial charge in [-0.1, -0.05) is 0 Å². The van der Waals surface area contributed by atoms with Gasteiger partial charge >= 0.3 is 0 Å². The van der Waals surface area contributed by atoms with E-state index in [1.807, 2.05) is 0 Å². The fourth-order valence-electron chi connectivity index (χ4n) is 0.635. The summed E-state index contributed by atoms with van der Waals surface area (Å²) < 4.78 is 0.662. The topological polar surface area (TPSA) is 59.4 Å². The number of hydrogen-bond acceptors (Lipinski definition) is 3. The third-order valence-corrected chi connectivity index (χ3v) is 1.53. The highest BCUT2D eigenvalue weighted by molar-refractivity contribution is 9.10. The van der Waals surface area contributed by atoms with Crippen LogP contribution in [0.4, 0.5) is 0 Å². The van der Waals surface area contributed by atoms with Gasteiger partial charge in [-0.25, -0.2) is 4.79 Å². The Morgan fingerprint density at radius 2 is 2.33 bits per heavy atom. The van der Waals surface area contributed by atoms with Crippen molar-refractivity contribution in [3.05, 3.63) is 28.5 Å². The first-order valence-electron chi connectivity index (χ1n) is 2.97. The summed E-state index contributed by atoms with van der Waals surface area (Å²) in [7, 11) is 0. The van der Waals surface area contributed by atoms with Crippen LogP contribution in [0.2, 0.25) is 0 Å². The highest BCUT2D eigenvalue weighted by Gasteiger charge is 2.03. The zero-order chi connectivity index (χ0) is 8.97. The van der Waals surface area contributed by atoms with Gasteiger partial charge in [0.1, 0.15) is 0 Å². The molecule has 0 saturated heterocycles. The van der Waals surface area contributed by atoms with Gasteiger partial charge in [0.05, 0.1) is 5.56 Å². The number of rotatable bonds is 1. The minimum absolute atomic E-state index is 0.257. The molecule has 0 radical (unpaired) electrons. The summed E-state index contributed by atoms with van der Waals surface area (Å²) in [5, 5.41) is 0. The first-order valence-corrected chi connectivity index (χ1v) is 3.76. The van der Waals surface area contributed by atoms with Crippen LogP contribution in [0.25, 0.3) is 0 Å². The fourth-order valence-corrected chi connectivity index (χ4v) is 1.000. The fraction of sp³-hybridized carbons (Fsp3) is 0. The van der Waals surface area contributed by atoms with E-state index in [1.54, 1.807) is 0 Å². The molecule has 1 aromatic heterocycles. The summed E-state index contributed by atoms with van der Waals surface area (Å²) in [5.41, 5.74) is 0.257. The Balaban J connectivity index is 3.03. The lowest BCUT2D eigenvalue weighted by Gasteiger charge is -1.92. The molecule has 0 fully saturated rings. The zero-order valence-electron chi connectivity index (χ0n) is 5.82. The summed E-state index contributed by atoms with van der Waals surface area (Å²) in [6.45, 7) is 0. The predicted octanol–water partition coefficient (Wildman–Crippen LogP) is 1.32. The summed E-state index contributed by atoms with van der Waals surface area (Å²) in [6.07, 6.45) is 4.02. The number of carbonyl (C=O) groups is 1. The standard InChI is InChI=1S/C7H3BrN2O2/c8-6-1-5(2-9-3-6)7(12)10-4-11/h1-3H. The highest BCUT2D eigenvalue weighted by atomic mass is 79.9. The molecular weight excluding hydrogens is 224 g/mol. The largest absolute Gasteiger partial charge is 0.289 e. The number of aliphatic imine (C=N–C) groups is 1. The van der Waals surface area contributed by atoms with Crippen molar-refractivity contribution in [2.75, 3.05) is 0 Å². The Labute approximate surface area is 76.5 Å². The molecule has 0 saturated carbocycles. The van der Waals surface area contributed by atoms with E-state index in [0.29, 0.717) is 4.47 Å². The van der Waals surface area contributed by atoms with Crippen molar-refractivity contribution in [3.8, 4) is 0 Å². The third kappa shape index (κ3) is 2.08. The number of isocyanates is 1. The molecule has 0 N–H and O–H groups in total. The number of nitrogens with zero attached hydrogens (tertiary/aromatic N) is 2. The van der Waals surface area contributed by atoms with Gasteiger partial charge in [0.2, 0.25) is 6.08 Å². The second-order valence-electron chi connectivity index (χ2n) is 1.90. The minimum Gasteiger partial charge on any atom is -0.266 e. The maximum atomic E-state index is 10.9.